The van der Waals surface area contributed by atoms with E-state index in [9.17, 15) is 4.39 Å². The Morgan fingerprint density at radius 3 is 2.86 bits per heavy atom. The molecule has 3 rings (SSSR count). The SMILES string of the molecule is C[C@H]1CNCCN1Cc1coc(-c2ccc(F)cc2)n1.Cl. The number of nitrogens with one attached hydrogen (secondary N) is 1. The molecular formula is C15H19ClFN3O. The number of aromatic nitrogens is 1. The summed E-state index contributed by atoms with van der Waals surface area (Å²) < 4.78 is 18.4. The second-order valence-corrected chi connectivity index (χ2v) is 5.17. The standard InChI is InChI=1S/C15H18FN3O.ClH/c1-11-8-17-6-7-19(11)9-14-10-20-15(18-14)12-2-4-13(16)5-3-12;/h2-5,10-11,17H,6-9H2,1H3;1H/t11-;/m0./s1. The maximum Gasteiger partial charge on any atom is 0.226 e. The molecule has 1 aliphatic heterocycles. The van der Waals surface area contributed by atoms with Gasteiger partial charge in [-0.05, 0) is 31.2 Å². The molecule has 0 spiro atoms. The van der Waals surface area contributed by atoms with Gasteiger partial charge in [-0.15, -0.1) is 12.4 Å². The van der Waals surface area contributed by atoms with E-state index in [1.54, 1.807) is 18.4 Å². The van der Waals surface area contributed by atoms with E-state index in [0.29, 0.717) is 11.9 Å². The Morgan fingerprint density at radius 1 is 1.38 bits per heavy atom. The second-order valence-electron chi connectivity index (χ2n) is 5.17. The van der Waals surface area contributed by atoms with Crippen LogP contribution in [0.4, 0.5) is 4.39 Å². The first-order valence-electron chi connectivity index (χ1n) is 6.87. The van der Waals surface area contributed by atoms with E-state index in [0.717, 1.165) is 37.4 Å². The van der Waals surface area contributed by atoms with Gasteiger partial charge in [0.05, 0.1) is 5.69 Å². The van der Waals surface area contributed by atoms with Crippen molar-refractivity contribution in [1.82, 2.24) is 15.2 Å². The van der Waals surface area contributed by atoms with Gasteiger partial charge in [0.25, 0.3) is 0 Å². The van der Waals surface area contributed by atoms with Gasteiger partial charge >= 0.3 is 0 Å². The Bertz CT molecular complexity index is 573. The molecule has 0 saturated carbocycles. The molecule has 4 nitrogen and oxygen atoms in total. The first-order valence-corrected chi connectivity index (χ1v) is 6.87. The van der Waals surface area contributed by atoms with Crippen molar-refractivity contribution >= 4 is 12.4 Å². The molecule has 6 heteroatoms. The van der Waals surface area contributed by atoms with Crippen LogP contribution in [-0.2, 0) is 6.54 Å². The van der Waals surface area contributed by atoms with Crippen molar-refractivity contribution in [3.63, 3.8) is 0 Å². The summed E-state index contributed by atoms with van der Waals surface area (Å²) >= 11 is 0. The monoisotopic (exact) mass is 311 g/mol. The second kappa shape index (κ2) is 7.02. The Morgan fingerprint density at radius 2 is 2.14 bits per heavy atom. The van der Waals surface area contributed by atoms with Crippen LogP contribution in [0.15, 0.2) is 34.9 Å². The number of piperazine rings is 1. The van der Waals surface area contributed by atoms with Crippen molar-refractivity contribution in [1.29, 1.82) is 0 Å². The van der Waals surface area contributed by atoms with E-state index >= 15 is 0 Å². The minimum absolute atomic E-state index is 0. The fourth-order valence-electron chi connectivity index (χ4n) is 2.43. The van der Waals surface area contributed by atoms with Crippen LogP contribution in [0.2, 0.25) is 0 Å². The molecule has 1 N–H and O–H groups in total. The highest BCUT2D eigenvalue weighted by atomic mass is 35.5. The summed E-state index contributed by atoms with van der Waals surface area (Å²) in [5.74, 6) is 0.290. The number of nitrogens with zero attached hydrogens (tertiary/aromatic N) is 2. The van der Waals surface area contributed by atoms with Crippen molar-refractivity contribution in [2.24, 2.45) is 0 Å². The first kappa shape index (κ1) is 15.9. The largest absolute Gasteiger partial charge is 0.444 e. The van der Waals surface area contributed by atoms with E-state index in [4.69, 9.17) is 4.42 Å². The summed E-state index contributed by atoms with van der Waals surface area (Å²) in [5, 5.41) is 3.37. The molecule has 2 heterocycles. The quantitative estimate of drug-likeness (QED) is 0.946. The fraction of sp³-hybridized carbons (Fsp3) is 0.400. The van der Waals surface area contributed by atoms with Crippen LogP contribution in [0.5, 0.6) is 0 Å². The molecule has 0 unspecified atom stereocenters. The Labute approximate surface area is 129 Å². The molecule has 0 aliphatic carbocycles. The Hall–Kier alpha value is -1.43. The lowest BCUT2D eigenvalue weighted by Gasteiger charge is -2.33. The molecule has 1 fully saturated rings. The minimum Gasteiger partial charge on any atom is -0.444 e. The van der Waals surface area contributed by atoms with Crippen LogP contribution in [0.1, 0.15) is 12.6 Å². The molecule has 21 heavy (non-hydrogen) atoms. The summed E-state index contributed by atoms with van der Waals surface area (Å²) in [7, 11) is 0. The zero-order chi connectivity index (χ0) is 13.9. The molecule has 1 aromatic carbocycles. The Balaban J connectivity index is 0.00000161. The van der Waals surface area contributed by atoms with Gasteiger partial charge in [0.1, 0.15) is 12.1 Å². The van der Waals surface area contributed by atoms with Crippen LogP contribution in [0.25, 0.3) is 11.5 Å². The van der Waals surface area contributed by atoms with Crippen molar-refractivity contribution in [3.05, 3.63) is 42.0 Å². The molecule has 0 radical (unpaired) electrons. The minimum atomic E-state index is -0.254. The third-order valence-corrected chi connectivity index (χ3v) is 3.65. The molecule has 1 aliphatic rings. The topological polar surface area (TPSA) is 41.3 Å². The maximum atomic E-state index is 12.9. The molecule has 114 valence electrons. The summed E-state index contributed by atoms with van der Waals surface area (Å²) in [6, 6.07) is 6.68. The zero-order valence-electron chi connectivity index (χ0n) is 11.9. The van der Waals surface area contributed by atoms with Crippen LogP contribution in [0.3, 0.4) is 0 Å². The third-order valence-electron chi connectivity index (χ3n) is 3.65. The van der Waals surface area contributed by atoms with E-state index in [2.05, 4.69) is 22.1 Å². The van der Waals surface area contributed by atoms with Crippen molar-refractivity contribution in [2.45, 2.75) is 19.5 Å². The van der Waals surface area contributed by atoms with Gasteiger partial charge < -0.3 is 9.73 Å². The lowest BCUT2D eigenvalue weighted by Crippen LogP contribution is -2.49. The van der Waals surface area contributed by atoms with Gasteiger partial charge in [0.15, 0.2) is 0 Å². The van der Waals surface area contributed by atoms with Crippen LogP contribution >= 0.6 is 12.4 Å². The number of halogens is 2. The summed E-state index contributed by atoms with van der Waals surface area (Å²) in [4.78, 5) is 6.87. The molecule has 1 aromatic heterocycles. The lowest BCUT2D eigenvalue weighted by atomic mass is 10.2. The highest BCUT2D eigenvalue weighted by Gasteiger charge is 2.19. The maximum absolute atomic E-state index is 12.9. The van der Waals surface area contributed by atoms with Crippen molar-refractivity contribution < 1.29 is 8.81 Å². The number of benzene rings is 1. The van der Waals surface area contributed by atoms with E-state index in [-0.39, 0.29) is 18.2 Å². The predicted molar refractivity (Wildman–Crippen MR) is 81.9 cm³/mol. The molecule has 1 atom stereocenters. The number of oxazole rings is 1. The van der Waals surface area contributed by atoms with E-state index < -0.39 is 0 Å². The van der Waals surface area contributed by atoms with Crippen molar-refractivity contribution in [2.75, 3.05) is 19.6 Å². The predicted octanol–water partition coefficient (Wildman–Crippen LogP) is 2.70. The van der Waals surface area contributed by atoms with Gasteiger partial charge in [-0.2, -0.15) is 0 Å². The van der Waals surface area contributed by atoms with Gasteiger partial charge in [0.2, 0.25) is 5.89 Å². The first-order chi connectivity index (χ1) is 9.72. The highest BCUT2D eigenvalue weighted by Crippen LogP contribution is 2.20. The zero-order valence-corrected chi connectivity index (χ0v) is 12.7. The normalized spacial score (nSPS) is 19.2. The smallest absolute Gasteiger partial charge is 0.226 e. The summed E-state index contributed by atoms with van der Waals surface area (Å²) in [5.41, 5.74) is 1.71. The number of rotatable bonds is 3. The number of hydrogen-bond acceptors (Lipinski definition) is 4. The molecular weight excluding hydrogens is 293 g/mol. The fourth-order valence-corrected chi connectivity index (χ4v) is 2.43. The van der Waals surface area contributed by atoms with E-state index in [1.165, 1.54) is 12.1 Å². The van der Waals surface area contributed by atoms with Crippen molar-refractivity contribution in [3.8, 4) is 11.5 Å². The molecule has 0 bridgehead atoms. The molecule has 2 aromatic rings. The van der Waals surface area contributed by atoms with Crippen LogP contribution < -0.4 is 5.32 Å². The average Bonchev–Trinajstić information content (AvgIpc) is 2.91. The van der Waals surface area contributed by atoms with Crippen LogP contribution in [-0.4, -0.2) is 35.6 Å². The van der Waals surface area contributed by atoms with E-state index in [1.807, 2.05) is 0 Å². The van der Waals surface area contributed by atoms with Gasteiger partial charge in [-0.25, -0.2) is 9.37 Å². The third kappa shape index (κ3) is 3.81. The molecule has 0 amide bonds. The summed E-state index contributed by atoms with van der Waals surface area (Å²) in [6.45, 7) is 6.01. The average molecular weight is 312 g/mol. The lowest BCUT2D eigenvalue weighted by molar-refractivity contribution is 0.163. The highest BCUT2D eigenvalue weighted by molar-refractivity contribution is 5.85. The molecule has 1 saturated heterocycles. The van der Waals surface area contributed by atoms with Gasteiger partial charge in [-0.1, -0.05) is 0 Å². The number of hydrogen-bond donors (Lipinski definition) is 1. The van der Waals surface area contributed by atoms with Crippen LogP contribution in [0, 0.1) is 5.82 Å². The van der Waals surface area contributed by atoms with Gasteiger partial charge in [-0.3, -0.25) is 4.90 Å². The van der Waals surface area contributed by atoms with Gasteiger partial charge in [0, 0.05) is 37.8 Å². The Kier molecular flexibility index (Phi) is 5.33. The summed E-state index contributed by atoms with van der Waals surface area (Å²) in [6.07, 6.45) is 1.69.